The first-order chi connectivity index (χ1) is 9.68. The summed E-state index contributed by atoms with van der Waals surface area (Å²) in [5, 5.41) is 9.54. The molecule has 1 fully saturated rings. The molecule has 0 spiro atoms. The van der Waals surface area contributed by atoms with Crippen molar-refractivity contribution in [1.29, 1.82) is 5.26 Å². The highest BCUT2D eigenvalue weighted by Crippen LogP contribution is 2.36. The highest BCUT2D eigenvalue weighted by Gasteiger charge is 2.40. The van der Waals surface area contributed by atoms with Crippen molar-refractivity contribution in [3.8, 4) is 6.07 Å². The third-order valence-corrected chi connectivity index (χ3v) is 4.10. The quantitative estimate of drug-likeness (QED) is 0.794. The number of hydrogen-bond acceptors (Lipinski definition) is 3. The molecule has 106 valence electrons. The number of rotatable bonds is 3. The number of nitrogens with zero attached hydrogens (tertiary/aromatic N) is 3. The maximum Gasteiger partial charge on any atom is 0.243 e. The summed E-state index contributed by atoms with van der Waals surface area (Å²) in [6, 6.07) is 6.12. The Morgan fingerprint density at radius 2 is 1.90 bits per heavy atom. The van der Waals surface area contributed by atoms with Gasteiger partial charge in [0.15, 0.2) is 0 Å². The minimum absolute atomic E-state index is 0.0290. The van der Waals surface area contributed by atoms with Crippen LogP contribution in [-0.2, 0) is 11.3 Å². The molecule has 2 rings (SSSR count). The van der Waals surface area contributed by atoms with Crippen LogP contribution >= 0.6 is 0 Å². The second kappa shape index (κ2) is 6.51. The van der Waals surface area contributed by atoms with Crippen LogP contribution in [-0.4, -0.2) is 22.8 Å². The molecule has 1 saturated carbocycles. The van der Waals surface area contributed by atoms with Crippen molar-refractivity contribution < 1.29 is 4.79 Å². The average Bonchev–Trinajstić information content (AvgIpc) is 2.74. The predicted octanol–water partition coefficient (Wildman–Crippen LogP) is 2.90. The van der Waals surface area contributed by atoms with Gasteiger partial charge in [-0.15, -0.1) is 0 Å². The first-order valence-corrected chi connectivity index (χ1v) is 7.24. The van der Waals surface area contributed by atoms with E-state index in [9.17, 15) is 10.1 Å². The van der Waals surface area contributed by atoms with E-state index in [0.29, 0.717) is 19.4 Å². The predicted molar refractivity (Wildman–Crippen MR) is 76.5 cm³/mol. The second-order valence-electron chi connectivity index (χ2n) is 5.62. The zero-order valence-corrected chi connectivity index (χ0v) is 12.0. The van der Waals surface area contributed by atoms with Gasteiger partial charge in [-0.05, 0) is 30.5 Å². The molecule has 0 N–H and O–H groups in total. The molecule has 1 aliphatic rings. The normalized spacial score (nSPS) is 17.8. The van der Waals surface area contributed by atoms with Gasteiger partial charge in [0.25, 0.3) is 0 Å². The van der Waals surface area contributed by atoms with E-state index < -0.39 is 5.41 Å². The van der Waals surface area contributed by atoms with Crippen molar-refractivity contribution >= 4 is 5.91 Å². The Balaban J connectivity index is 2.10. The SMILES string of the molecule is CN(Cc1ccncc1)C(=O)C1(C#N)CCCCCC1. The fraction of sp³-hybridized carbons (Fsp3) is 0.562. The van der Waals surface area contributed by atoms with E-state index in [4.69, 9.17) is 0 Å². The molecule has 1 aromatic heterocycles. The Hall–Kier alpha value is -1.89. The van der Waals surface area contributed by atoms with Crippen molar-refractivity contribution in [2.24, 2.45) is 5.41 Å². The lowest BCUT2D eigenvalue weighted by Gasteiger charge is -2.29. The summed E-state index contributed by atoms with van der Waals surface area (Å²) in [7, 11) is 1.78. The van der Waals surface area contributed by atoms with Gasteiger partial charge in [0, 0.05) is 26.0 Å². The van der Waals surface area contributed by atoms with E-state index in [2.05, 4.69) is 11.1 Å². The largest absolute Gasteiger partial charge is 0.340 e. The van der Waals surface area contributed by atoms with Crippen LogP contribution < -0.4 is 0 Å². The highest BCUT2D eigenvalue weighted by atomic mass is 16.2. The molecular weight excluding hydrogens is 250 g/mol. The molecule has 1 amide bonds. The molecule has 0 aliphatic heterocycles. The van der Waals surface area contributed by atoms with Crippen LogP contribution in [0.1, 0.15) is 44.1 Å². The number of nitriles is 1. The number of aromatic nitrogens is 1. The number of hydrogen-bond donors (Lipinski definition) is 0. The molecule has 20 heavy (non-hydrogen) atoms. The average molecular weight is 271 g/mol. The zero-order chi connectivity index (χ0) is 14.4. The minimum atomic E-state index is -0.807. The number of carbonyl (C=O) groups is 1. The first-order valence-electron chi connectivity index (χ1n) is 7.24. The van der Waals surface area contributed by atoms with Crippen LogP contribution in [0.25, 0.3) is 0 Å². The van der Waals surface area contributed by atoms with Crippen molar-refractivity contribution in [3.63, 3.8) is 0 Å². The number of carbonyl (C=O) groups excluding carboxylic acids is 1. The van der Waals surface area contributed by atoms with Gasteiger partial charge in [-0.25, -0.2) is 0 Å². The van der Waals surface area contributed by atoms with Gasteiger partial charge in [-0.1, -0.05) is 25.7 Å². The number of amides is 1. The Morgan fingerprint density at radius 1 is 1.30 bits per heavy atom. The summed E-state index contributed by atoms with van der Waals surface area (Å²) >= 11 is 0. The lowest BCUT2D eigenvalue weighted by atomic mass is 9.80. The highest BCUT2D eigenvalue weighted by molar-refractivity contribution is 5.85. The molecule has 0 radical (unpaired) electrons. The molecule has 0 atom stereocenters. The third kappa shape index (κ3) is 3.16. The van der Waals surface area contributed by atoms with Crippen molar-refractivity contribution in [2.75, 3.05) is 7.05 Å². The number of pyridine rings is 1. The van der Waals surface area contributed by atoms with E-state index >= 15 is 0 Å². The van der Waals surface area contributed by atoms with Crippen molar-refractivity contribution in [1.82, 2.24) is 9.88 Å². The molecule has 4 nitrogen and oxygen atoms in total. The Bertz CT molecular complexity index is 484. The Labute approximate surface area is 120 Å². The molecular formula is C16H21N3O. The van der Waals surface area contributed by atoms with Crippen LogP contribution in [0.5, 0.6) is 0 Å². The topological polar surface area (TPSA) is 57.0 Å². The van der Waals surface area contributed by atoms with Gasteiger partial charge in [0.05, 0.1) is 6.07 Å². The van der Waals surface area contributed by atoms with Crippen LogP contribution in [0.4, 0.5) is 0 Å². The molecule has 0 aromatic carbocycles. The lowest BCUT2D eigenvalue weighted by Crippen LogP contribution is -2.40. The van der Waals surface area contributed by atoms with E-state index in [1.54, 1.807) is 24.3 Å². The van der Waals surface area contributed by atoms with Crippen molar-refractivity contribution in [3.05, 3.63) is 30.1 Å². The summed E-state index contributed by atoms with van der Waals surface area (Å²) in [4.78, 5) is 18.4. The molecule has 0 saturated heterocycles. The van der Waals surface area contributed by atoms with E-state index in [0.717, 1.165) is 31.2 Å². The fourth-order valence-electron chi connectivity index (χ4n) is 2.90. The van der Waals surface area contributed by atoms with Crippen LogP contribution in [0.15, 0.2) is 24.5 Å². The first kappa shape index (κ1) is 14.5. The van der Waals surface area contributed by atoms with Gasteiger partial charge in [-0.2, -0.15) is 5.26 Å². The molecule has 1 aliphatic carbocycles. The maximum atomic E-state index is 12.7. The van der Waals surface area contributed by atoms with Gasteiger partial charge < -0.3 is 4.90 Å². The molecule has 0 unspecified atom stereocenters. The van der Waals surface area contributed by atoms with Crippen molar-refractivity contribution in [2.45, 2.75) is 45.1 Å². The molecule has 4 heteroatoms. The third-order valence-electron chi connectivity index (χ3n) is 4.10. The lowest BCUT2D eigenvalue weighted by molar-refractivity contribution is -0.138. The summed E-state index contributed by atoms with van der Waals surface area (Å²) < 4.78 is 0. The summed E-state index contributed by atoms with van der Waals surface area (Å²) in [5.41, 5.74) is 0.232. The maximum absolute atomic E-state index is 12.7. The van der Waals surface area contributed by atoms with E-state index in [1.165, 1.54) is 0 Å². The smallest absolute Gasteiger partial charge is 0.243 e. The molecule has 1 heterocycles. The Morgan fingerprint density at radius 3 is 2.45 bits per heavy atom. The molecule has 1 aromatic rings. The van der Waals surface area contributed by atoms with Gasteiger partial charge >= 0.3 is 0 Å². The zero-order valence-electron chi connectivity index (χ0n) is 12.0. The van der Waals surface area contributed by atoms with E-state index in [1.807, 2.05) is 12.1 Å². The monoisotopic (exact) mass is 271 g/mol. The molecule has 0 bridgehead atoms. The van der Waals surface area contributed by atoms with Crippen LogP contribution in [0.3, 0.4) is 0 Å². The van der Waals surface area contributed by atoms with E-state index in [-0.39, 0.29) is 5.91 Å². The van der Waals surface area contributed by atoms with Crippen LogP contribution in [0.2, 0.25) is 0 Å². The minimum Gasteiger partial charge on any atom is -0.340 e. The second-order valence-corrected chi connectivity index (χ2v) is 5.62. The fourth-order valence-corrected chi connectivity index (χ4v) is 2.90. The Kier molecular flexibility index (Phi) is 4.73. The van der Waals surface area contributed by atoms with Gasteiger partial charge in [-0.3, -0.25) is 9.78 Å². The summed E-state index contributed by atoms with van der Waals surface area (Å²) in [6.07, 6.45) is 9.05. The standard InChI is InChI=1S/C16H21N3O/c1-19(12-14-6-10-18-11-7-14)15(20)16(13-17)8-4-2-3-5-9-16/h6-7,10-11H,2-5,8-9,12H2,1H3. The van der Waals surface area contributed by atoms with Gasteiger partial charge in [0.1, 0.15) is 5.41 Å². The van der Waals surface area contributed by atoms with Crippen LogP contribution in [0, 0.1) is 16.7 Å². The summed E-state index contributed by atoms with van der Waals surface area (Å²) in [6.45, 7) is 0.533. The van der Waals surface area contributed by atoms with Gasteiger partial charge in [0.2, 0.25) is 5.91 Å². The summed E-state index contributed by atoms with van der Waals surface area (Å²) in [5.74, 6) is -0.0290.